The molecule has 0 aromatic rings. The molecule has 0 aliphatic carbocycles. The Balaban J connectivity index is 2.69. The molecule has 0 saturated carbocycles. The molecule has 1 fully saturated rings. The fourth-order valence-corrected chi connectivity index (χ4v) is 1.62. The van der Waals surface area contributed by atoms with Gasteiger partial charge in [0.2, 0.25) is 5.60 Å². The second-order valence-electron chi connectivity index (χ2n) is 5.33. The van der Waals surface area contributed by atoms with Crippen LogP contribution in [-0.2, 0) is 19.0 Å². The summed E-state index contributed by atoms with van der Waals surface area (Å²) in [6.07, 6.45) is 1.64. The quantitative estimate of drug-likeness (QED) is 0.450. The van der Waals surface area contributed by atoms with E-state index in [-0.39, 0.29) is 12.6 Å². The van der Waals surface area contributed by atoms with Crippen molar-refractivity contribution in [3.05, 3.63) is 12.7 Å². The highest BCUT2D eigenvalue weighted by molar-refractivity contribution is 5.80. The summed E-state index contributed by atoms with van der Waals surface area (Å²) in [7, 11) is 0. The molecule has 1 atom stereocenters. The van der Waals surface area contributed by atoms with Gasteiger partial charge in [-0.15, -0.1) is 6.58 Å². The first kappa shape index (κ1) is 15.1. The molecule has 104 valence electrons. The predicted octanol–water partition coefficient (Wildman–Crippen LogP) is 0.889. The van der Waals surface area contributed by atoms with Crippen molar-refractivity contribution in [1.82, 2.24) is 5.32 Å². The van der Waals surface area contributed by atoms with Gasteiger partial charge in [0, 0.05) is 13.1 Å². The topological polar surface area (TPSA) is 56.8 Å². The Morgan fingerprint density at radius 2 is 2.28 bits per heavy atom. The molecule has 0 aromatic carbocycles. The van der Waals surface area contributed by atoms with Crippen LogP contribution in [0.15, 0.2) is 12.7 Å². The number of rotatable bonds is 5. The van der Waals surface area contributed by atoms with Crippen LogP contribution in [0.25, 0.3) is 0 Å². The lowest BCUT2D eigenvalue weighted by atomic mass is 10.0. The Morgan fingerprint density at radius 1 is 1.56 bits per heavy atom. The summed E-state index contributed by atoms with van der Waals surface area (Å²) in [5.74, 6) is -0.383. The van der Waals surface area contributed by atoms with Crippen LogP contribution in [0.3, 0.4) is 0 Å². The van der Waals surface area contributed by atoms with Crippen LogP contribution < -0.4 is 5.32 Å². The number of nitrogens with one attached hydrogen (secondary N) is 1. The van der Waals surface area contributed by atoms with Crippen molar-refractivity contribution >= 4 is 5.97 Å². The summed E-state index contributed by atoms with van der Waals surface area (Å²) in [4.78, 5) is 12.2. The van der Waals surface area contributed by atoms with Crippen LogP contribution in [0.2, 0.25) is 0 Å². The van der Waals surface area contributed by atoms with Gasteiger partial charge in [0.1, 0.15) is 5.60 Å². The second-order valence-corrected chi connectivity index (χ2v) is 5.33. The summed E-state index contributed by atoms with van der Waals surface area (Å²) in [5, 5.41) is 3.14. The van der Waals surface area contributed by atoms with Gasteiger partial charge in [0.05, 0.1) is 19.8 Å². The highest BCUT2D eigenvalue weighted by atomic mass is 16.6. The molecular formula is C13H23NO4. The van der Waals surface area contributed by atoms with Gasteiger partial charge < -0.3 is 19.5 Å². The first-order valence-electron chi connectivity index (χ1n) is 6.16. The molecule has 0 radical (unpaired) electrons. The molecular weight excluding hydrogens is 234 g/mol. The van der Waals surface area contributed by atoms with Crippen LogP contribution in [0.1, 0.15) is 20.8 Å². The number of carbonyl (C=O) groups is 1. The molecule has 0 bridgehead atoms. The molecule has 1 aliphatic rings. The third-order valence-corrected chi connectivity index (χ3v) is 2.41. The zero-order chi connectivity index (χ0) is 13.6. The monoisotopic (exact) mass is 257 g/mol. The smallest absolute Gasteiger partial charge is 0.342 e. The molecule has 0 spiro atoms. The van der Waals surface area contributed by atoms with E-state index in [1.54, 1.807) is 6.08 Å². The van der Waals surface area contributed by atoms with Crippen LogP contribution in [-0.4, -0.2) is 50.1 Å². The molecule has 1 aliphatic heterocycles. The van der Waals surface area contributed by atoms with Gasteiger partial charge in [-0.1, -0.05) is 6.08 Å². The Kier molecular flexibility index (Phi) is 5.31. The van der Waals surface area contributed by atoms with Crippen molar-refractivity contribution in [2.75, 3.05) is 32.9 Å². The van der Waals surface area contributed by atoms with E-state index in [0.29, 0.717) is 19.8 Å². The Labute approximate surface area is 108 Å². The lowest BCUT2D eigenvalue weighted by Gasteiger charge is -2.37. The summed E-state index contributed by atoms with van der Waals surface area (Å²) < 4.78 is 16.4. The van der Waals surface area contributed by atoms with Gasteiger partial charge in [0.25, 0.3) is 0 Å². The highest BCUT2D eigenvalue weighted by Crippen LogP contribution is 2.20. The normalized spacial score (nSPS) is 24.6. The Hall–Kier alpha value is -0.910. The largest absolute Gasteiger partial charge is 0.458 e. The van der Waals surface area contributed by atoms with Crippen molar-refractivity contribution in [2.45, 2.75) is 32.0 Å². The lowest BCUT2D eigenvalue weighted by molar-refractivity contribution is -0.195. The van der Waals surface area contributed by atoms with Crippen molar-refractivity contribution in [3.8, 4) is 0 Å². The van der Waals surface area contributed by atoms with Crippen molar-refractivity contribution < 1.29 is 19.0 Å². The first-order valence-corrected chi connectivity index (χ1v) is 6.16. The number of hydrogen-bond donors (Lipinski definition) is 1. The minimum absolute atomic E-state index is 0.168. The second kappa shape index (κ2) is 6.31. The highest BCUT2D eigenvalue weighted by Gasteiger charge is 2.44. The van der Waals surface area contributed by atoms with E-state index in [2.05, 4.69) is 11.9 Å². The van der Waals surface area contributed by atoms with E-state index in [1.807, 2.05) is 20.8 Å². The molecule has 0 amide bonds. The average Bonchev–Trinajstić information content (AvgIpc) is 2.28. The third kappa shape index (κ3) is 4.40. The van der Waals surface area contributed by atoms with E-state index in [4.69, 9.17) is 14.2 Å². The number of morpholine rings is 1. The lowest BCUT2D eigenvalue weighted by Crippen LogP contribution is -2.59. The van der Waals surface area contributed by atoms with E-state index < -0.39 is 11.2 Å². The molecule has 18 heavy (non-hydrogen) atoms. The minimum Gasteiger partial charge on any atom is -0.458 e. The molecule has 1 unspecified atom stereocenters. The molecule has 5 heteroatoms. The van der Waals surface area contributed by atoms with E-state index in [1.165, 1.54) is 0 Å². The molecule has 1 saturated heterocycles. The number of hydrogen-bond acceptors (Lipinski definition) is 5. The zero-order valence-electron chi connectivity index (χ0n) is 11.5. The standard InChI is InChI=1S/C13H23NO4/c1-5-7-16-10-13(9-14-6-8-17-13)11(15)18-12(2,3)4/h5,14H,1,6-10H2,2-4H3. The van der Waals surface area contributed by atoms with Gasteiger partial charge in [-0.2, -0.15) is 0 Å². The van der Waals surface area contributed by atoms with Gasteiger partial charge in [0.15, 0.2) is 0 Å². The zero-order valence-corrected chi connectivity index (χ0v) is 11.5. The van der Waals surface area contributed by atoms with Gasteiger partial charge in [-0.3, -0.25) is 0 Å². The van der Waals surface area contributed by atoms with Crippen molar-refractivity contribution in [3.63, 3.8) is 0 Å². The molecule has 1 rings (SSSR count). The minimum atomic E-state index is -1.05. The van der Waals surface area contributed by atoms with Gasteiger partial charge in [-0.05, 0) is 20.8 Å². The predicted molar refractivity (Wildman–Crippen MR) is 68.4 cm³/mol. The summed E-state index contributed by atoms with van der Waals surface area (Å²) in [6.45, 7) is 11.2. The maximum absolute atomic E-state index is 12.2. The maximum Gasteiger partial charge on any atom is 0.342 e. The number of carbonyl (C=O) groups excluding carboxylic acids is 1. The first-order chi connectivity index (χ1) is 8.40. The van der Waals surface area contributed by atoms with Gasteiger partial charge >= 0.3 is 5.97 Å². The van der Waals surface area contributed by atoms with Crippen LogP contribution >= 0.6 is 0 Å². The fourth-order valence-electron chi connectivity index (χ4n) is 1.62. The fraction of sp³-hybridized carbons (Fsp3) is 0.769. The van der Waals surface area contributed by atoms with E-state index >= 15 is 0 Å². The summed E-state index contributed by atoms with van der Waals surface area (Å²) in [6, 6.07) is 0. The number of ether oxygens (including phenoxy) is 3. The number of esters is 1. The van der Waals surface area contributed by atoms with Crippen molar-refractivity contribution in [1.29, 1.82) is 0 Å². The van der Waals surface area contributed by atoms with Gasteiger partial charge in [-0.25, -0.2) is 4.79 Å². The van der Waals surface area contributed by atoms with Crippen LogP contribution in [0, 0.1) is 0 Å². The molecule has 1 N–H and O–H groups in total. The summed E-state index contributed by atoms with van der Waals surface area (Å²) >= 11 is 0. The summed E-state index contributed by atoms with van der Waals surface area (Å²) in [5.41, 5.74) is -1.59. The van der Waals surface area contributed by atoms with Crippen LogP contribution in [0.5, 0.6) is 0 Å². The van der Waals surface area contributed by atoms with E-state index in [0.717, 1.165) is 6.54 Å². The van der Waals surface area contributed by atoms with Crippen molar-refractivity contribution in [2.24, 2.45) is 0 Å². The third-order valence-electron chi connectivity index (χ3n) is 2.41. The molecule has 5 nitrogen and oxygen atoms in total. The SMILES string of the molecule is C=CCOCC1(C(=O)OC(C)(C)C)CNCCO1. The molecule has 1 heterocycles. The Morgan fingerprint density at radius 3 is 2.78 bits per heavy atom. The molecule has 0 aromatic heterocycles. The average molecular weight is 257 g/mol. The van der Waals surface area contributed by atoms with E-state index in [9.17, 15) is 4.79 Å². The van der Waals surface area contributed by atoms with Crippen LogP contribution in [0.4, 0.5) is 0 Å². The maximum atomic E-state index is 12.2. The Bertz CT molecular complexity index is 290.